The predicted molar refractivity (Wildman–Crippen MR) is 248 cm³/mol. The van der Waals surface area contributed by atoms with Crippen molar-refractivity contribution in [2.24, 2.45) is 0 Å². The summed E-state index contributed by atoms with van der Waals surface area (Å²) in [4.78, 5) is 12.6. The van der Waals surface area contributed by atoms with Crippen LogP contribution in [-0.2, 0) is 0 Å². The zero-order chi connectivity index (χ0) is 38.2. The Bertz CT molecular complexity index is 3270. The molecular weight excluding hydrogens is 745 g/mol. The third-order valence-electron chi connectivity index (χ3n) is 11.3. The van der Waals surface area contributed by atoms with Gasteiger partial charge in [-0.15, -0.1) is 22.7 Å². The van der Waals surface area contributed by atoms with Crippen LogP contribution in [0.4, 0.5) is 17.1 Å². The van der Waals surface area contributed by atoms with Crippen LogP contribution >= 0.6 is 22.7 Å². The van der Waals surface area contributed by atoms with E-state index in [-0.39, 0.29) is 0 Å². The van der Waals surface area contributed by atoms with Gasteiger partial charge in [0.05, 0.1) is 29.1 Å². The van der Waals surface area contributed by atoms with Crippen LogP contribution in [0.5, 0.6) is 0 Å². The Labute approximate surface area is 342 Å². The number of aromatic nitrogens is 3. The fraction of sp³-hybridized carbons (Fsp3) is 0. The summed E-state index contributed by atoms with van der Waals surface area (Å²) in [6, 6.07) is 65.1. The van der Waals surface area contributed by atoms with E-state index in [0.717, 1.165) is 28.1 Å². The maximum absolute atomic E-state index is 5.20. The summed E-state index contributed by atoms with van der Waals surface area (Å²) in [6.07, 6.45) is 3.93. The Kier molecular flexibility index (Phi) is 7.55. The first-order chi connectivity index (χ1) is 28.8. The molecule has 58 heavy (non-hydrogen) atoms. The Morgan fingerprint density at radius 3 is 1.22 bits per heavy atom. The Balaban J connectivity index is 1.05. The first-order valence-corrected chi connectivity index (χ1v) is 21.0. The van der Waals surface area contributed by atoms with Crippen LogP contribution in [0, 0.1) is 0 Å². The van der Waals surface area contributed by atoms with Gasteiger partial charge in [-0.2, -0.15) is 0 Å². The molecule has 0 fully saturated rings. The molecule has 12 rings (SSSR count). The van der Waals surface area contributed by atoms with Crippen molar-refractivity contribution in [2.75, 3.05) is 4.90 Å². The minimum Gasteiger partial charge on any atom is -0.308 e. The SMILES string of the molecule is c1ccc(-c2ccc(N(c3ccc(-c4ccccc4)cc3)c3cnc(-n4c5ccc6sc7ccccc7c6c5c5c6c(ccc54)sc4ccccc46)nc3)cc2)cc1. The largest absolute Gasteiger partial charge is 0.308 e. The van der Waals surface area contributed by atoms with Crippen LogP contribution in [0.2, 0.25) is 0 Å². The maximum atomic E-state index is 5.20. The van der Waals surface area contributed by atoms with Crippen molar-refractivity contribution in [3.63, 3.8) is 0 Å². The van der Waals surface area contributed by atoms with Gasteiger partial charge in [-0.25, -0.2) is 9.97 Å². The first kappa shape index (κ1) is 33.1. The highest BCUT2D eigenvalue weighted by molar-refractivity contribution is 7.26. The highest BCUT2D eigenvalue weighted by Gasteiger charge is 2.23. The summed E-state index contributed by atoms with van der Waals surface area (Å²) in [7, 11) is 0. The Morgan fingerprint density at radius 1 is 0.345 bits per heavy atom. The van der Waals surface area contributed by atoms with Gasteiger partial charge in [0.2, 0.25) is 5.95 Å². The minimum atomic E-state index is 0.639. The number of hydrogen-bond donors (Lipinski definition) is 0. The Morgan fingerprint density at radius 2 is 0.759 bits per heavy atom. The molecule has 0 aliphatic carbocycles. The third-order valence-corrected chi connectivity index (χ3v) is 13.6. The van der Waals surface area contributed by atoms with Crippen molar-refractivity contribution in [3.8, 4) is 28.2 Å². The van der Waals surface area contributed by atoms with Crippen LogP contribution in [0.15, 0.2) is 194 Å². The summed E-state index contributed by atoms with van der Waals surface area (Å²) in [6.45, 7) is 0. The molecule has 0 saturated heterocycles. The maximum Gasteiger partial charge on any atom is 0.234 e. The van der Waals surface area contributed by atoms with E-state index in [2.05, 4.69) is 191 Å². The van der Waals surface area contributed by atoms with Gasteiger partial charge >= 0.3 is 0 Å². The van der Waals surface area contributed by atoms with Crippen LogP contribution < -0.4 is 4.90 Å². The van der Waals surface area contributed by atoms with Gasteiger partial charge in [0, 0.05) is 62.5 Å². The van der Waals surface area contributed by atoms with E-state index in [1.54, 1.807) is 0 Å². The zero-order valence-corrected chi connectivity index (χ0v) is 32.7. The van der Waals surface area contributed by atoms with Crippen molar-refractivity contribution in [1.29, 1.82) is 0 Å². The van der Waals surface area contributed by atoms with E-state index >= 15 is 0 Å². The molecule has 0 aliphatic rings. The third kappa shape index (κ3) is 5.19. The molecule has 0 spiro atoms. The van der Waals surface area contributed by atoms with E-state index < -0.39 is 0 Å². The van der Waals surface area contributed by atoms with Gasteiger partial charge in [-0.05, 0) is 82.9 Å². The van der Waals surface area contributed by atoms with Crippen molar-refractivity contribution in [3.05, 3.63) is 194 Å². The number of nitrogens with zero attached hydrogens (tertiary/aromatic N) is 4. The highest BCUT2D eigenvalue weighted by atomic mass is 32.1. The normalized spacial score (nSPS) is 11.8. The van der Waals surface area contributed by atoms with Gasteiger partial charge in [0.15, 0.2) is 0 Å². The van der Waals surface area contributed by atoms with E-state index in [9.17, 15) is 0 Å². The standard InChI is InChI=1S/C52H32N4S2/c1-3-11-33(12-4-1)35-19-23-37(24-20-35)55(38-25-21-36(22-26-38)34-13-5-2-6-14-34)39-31-53-52(54-32-39)56-42-27-29-46-48(40-15-7-9-17-44(40)57-46)50(42)51-43(56)28-30-47-49(51)41-16-8-10-18-45(41)58-47/h1-32H. The van der Waals surface area contributed by atoms with Crippen molar-refractivity contribution >= 4 is 102 Å². The summed E-state index contributed by atoms with van der Waals surface area (Å²) in [5.74, 6) is 0.639. The highest BCUT2D eigenvalue weighted by Crippen LogP contribution is 2.48. The molecule has 0 amide bonds. The van der Waals surface area contributed by atoms with Crippen LogP contribution in [0.1, 0.15) is 0 Å². The quantitative estimate of drug-likeness (QED) is 0.169. The fourth-order valence-electron chi connectivity index (χ4n) is 8.70. The first-order valence-electron chi connectivity index (χ1n) is 19.4. The summed E-state index contributed by atoms with van der Waals surface area (Å²) < 4.78 is 7.42. The molecule has 0 N–H and O–H groups in total. The van der Waals surface area contributed by atoms with Crippen LogP contribution in [-0.4, -0.2) is 14.5 Å². The van der Waals surface area contributed by atoms with E-state index in [1.807, 2.05) is 35.1 Å². The Hall–Kier alpha value is -7.12. The molecule has 4 heterocycles. The number of anilines is 3. The van der Waals surface area contributed by atoms with Gasteiger partial charge in [0.1, 0.15) is 0 Å². The minimum absolute atomic E-state index is 0.639. The van der Waals surface area contributed by atoms with E-state index in [1.165, 1.54) is 73.4 Å². The van der Waals surface area contributed by atoms with E-state index in [4.69, 9.17) is 9.97 Å². The zero-order valence-electron chi connectivity index (χ0n) is 31.1. The predicted octanol–water partition coefficient (Wildman–Crippen LogP) is 15.1. The molecule has 6 heteroatoms. The van der Waals surface area contributed by atoms with Crippen LogP contribution in [0.25, 0.3) is 90.4 Å². The second-order valence-electron chi connectivity index (χ2n) is 14.6. The van der Waals surface area contributed by atoms with Crippen molar-refractivity contribution in [1.82, 2.24) is 14.5 Å². The monoisotopic (exact) mass is 776 g/mol. The van der Waals surface area contributed by atoms with Crippen molar-refractivity contribution in [2.45, 2.75) is 0 Å². The lowest BCUT2D eigenvalue weighted by Crippen LogP contribution is -2.11. The lowest BCUT2D eigenvalue weighted by molar-refractivity contribution is 0.983. The number of rotatable bonds is 6. The molecule has 0 saturated carbocycles. The lowest BCUT2D eigenvalue weighted by atomic mass is 10.0. The number of hydrogen-bond acceptors (Lipinski definition) is 5. The number of thiophene rings is 2. The second-order valence-corrected chi connectivity index (χ2v) is 16.8. The summed E-state index contributed by atoms with van der Waals surface area (Å²) in [5.41, 5.74) is 9.85. The lowest BCUT2D eigenvalue weighted by Gasteiger charge is -2.25. The smallest absolute Gasteiger partial charge is 0.234 e. The van der Waals surface area contributed by atoms with Crippen molar-refractivity contribution < 1.29 is 0 Å². The fourth-order valence-corrected chi connectivity index (χ4v) is 10.9. The van der Waals surface area contributed by atoms with Gasteiger partial charge < -0.3 is 4.90 Å². The summed E-state index contributed by atoms with van der Waals surface area (Å²) in [5, 5.41) is 7.67. The topological polar surface area (TPSA) is 34.0 Å². The van der Waals surface area contributed by atoms with E-state index in [0.29, 0.717) is 5.95 Å². The molecule has 0 unspecified atom stereocenters. The molecule has 0 aliphatic heterocycles. The molecule has 272 valence electrons. The molecule has 4 nitrogen and oxygen atoms in total. The number of fused-ring (bicyclic) bond motifs is 11. The average molecular weight is 777 g/mol. The molecular formula is C52H32N4S2. The molecule has 0 atom stereocenters. The second kappa shape index (κ2) is 13.2. The summed E-state index contributed by atoms with van der Waals surface area (Å²) >= 11 is 3.72. The van der Waals surface area contributed by atoms with Crippen LogP contribution in [0.3, 0.4) is 0 Å². The molecule has 8 aromatic carbocycles. The molecule has 0 bridgehead atoms. The molecule has 0 radical (unpaired) electrons. The average Bonchev–Trinajstić information content (AvgIpc) is 3.97. The number of benzene rings is 8. The molecule has 12 aromatic rings. The van der Waals surface area contributed by atoms with Gasteiger partial charge in [-0.3, -0.25) is 4.57 Å². The van der Waals surface area contributed by atoms with Gasteiger partial charge in [-0.1, -0.05) is 121 Å². The van der Waals surface area contributed by atoms with Gasteiger partial charge in [0.25, 0.3) is 0 Å². The molecule has 4 aromatic heterocycles.